The number of halogens is 1. The van der Waals surface area contributed by atoms with Crippen molar-refractivity contribution in [3.05, 3.63) is 0 Å². The van der Waals surface area contributed by atoms with Crippen molar-refractivity contribution < 1.29 is 5.11 Å². The second-order valence-electron chi connectivity index (χ2n) is 5.24. The molecule has 3 heteroatoms. The molecule has 76 valence electrons. The molecule has 0 saturated heterocycles. The first kappa shape index (κ1) is 9.75. The van der Waals surface area contributed by atoms with Crippen LogP contribution < -0.4 is 5.73 Å². The Labute approximate surface area is 85.3 Å². The van der Waals surface area contributed by atoms with E-state index in [2.05, 4.69) is 0 Å². The van der Waals surface area contributed by atoms with Crippen molar-refractivity contribution in [1.29, 1.82) is 0 Å². The smallest absolute Gasteiger partial charge is 0.0805 e. The lowest BCUT2D eigenvalue weighted by molar-refractivity contribution is -0.139. The summed E-state index contributed by atoms with van der Waals surface area (Å²) >= 11 is 0. The fraction of sp³-hybridized carbons (Fsp3) is 1.00. The van der Waals surface area contributed by atoms with Gasteiger partial charge in [-0.2, -0.15) is 0 Å². The first-order valence-electron chi connectivity index (χ1n) is 5.15. The summed E-state index contributed by atoms with van der Waals surface area (Å²) in [6, 6.07) is 0.0882. The zero-order valence-corrected chi connectivity index (χ0v) is 8.59. The summed E-state index contributed by atoms with van der Waals surface area (Å²) in [6.45, 7) is 0. The number of hydrogen-bond donors (Lipinski definition) is 2. The highest BCUT2D eigenvalue weighted by Gasteiger charge is 2.54. The van der Waals surface area contributed by atoms with E-state index >= 15 is 0 Å². The van der Waals surface area contributed by atoms with Crippen LogP contribution in [0.15, 0.2) is 0 Å². The molecule has 0 spiro atoms. The van der Waals surface area contributed by atoms with E-state index in [-0.39, 0.29) is 18.4 Å². The molecule has 0 heterocycles. The number of hydrogen-bond acceptors (Lipinski definition) is 2. The van der Waals surface area contributed by atoms with Crippen molar-refractivity contribution in [3.63, 3.8) is 0 Å². The fourth-order valence-corrected chi connectivity index (χ4v) is 4.04. The SMILES string of the molecule is Cl.NC1C2CC3CC(C2)CC1(O)C3. The van der Waals surface area contributed by atoms with Crippen LogP contribution in [0.25, 0.3) is 0 Å². The van der Waals surface area contributed by atoms with Gasteiger partial charge in [0, 0.05) is 6.04 Å². The number of nitrogens with two attached hydrogens (primary N) is 1. The average Bonchev–Trinajstić information content (AvgIpc) is 1.98. The lowest BCUT2D eigenvalue weighted by Crippen LogP contribution is -2.63. The third-order valence-corrected chi connectivity index (χ3v) is 4.35. The van der Waals surface area contributed by atoms with Crippen molar-refractivity contribution in [2.45, 2.75) is 43.7 Å². The van der Waals surface area contributed by atoms with E-state index in [1.54, 1.807) is 0 Å². The van der Waals surface area contributed by atoms with E-state index in [1.807, 2.05) is 0 Å². The van der Waals surface area contributed by atoms with Crippen molar-refractivity contribution in [1.82, 2.24) is 0 Å². The summed E-state index contributed by atoms with van der Waals surface area (Å²) in [6.07, 6.45) is 5.92. The Morgan fingerprint density at radius 3 is 2.08 bits per heavy atom. The topological polar surface area (TPSA) is 46.2 Å². The summed E-state index contributed by atoms with van der Waals surface area (Å²) in [4.78, 5) is 0. The van der Waals surface area contributed by atoms with Crippen LogP contribution in [0.3, 0.4) is 0 Å². The maximum Gasteiger partial charge on any atom is 0.0805 e. The molecule has 4 bridgehead atoms. The molecule has 4 aliphatic carbocycles. The molecule has 4 fully saturated rings. The Bertz CT molecular complexity index is 207. The van der Waals surface area contributed by atoms with Crippen molar-refractivity contribution >= 4 is 12.4 Å². The summed E-state index contributed by atoms with van der Waals surface area (Å²) in [5.41, 5.74) is 5.59. The van der Waals surface area contributed by atoms with E-state index < -0.39 is 5.60 Å². The quantitative estimate of drug-likeness (QED) is 0.624. The Morgan fingerprint density at radius 2 is 1.62 bits per heavy atom. The van der Waals surface area contributed by atoms with Crippen LogP contribution in [0.1, 0.15) is 32.1 Å². The molecule has 0 aromatic rings. The van der Waals surface area contributed by atoms with Crippen molar-refractivity contribution in [2.75, 3.05) is 0 Å². The summed E-state index contributed by atoms with van der Waals surface area (Å²) < 4.78 is 0. The molecule has 0 amide bonds. The van der Waals surface area contributed by atoms with E-state index in [0.29, 0.717) is 5.92 Å². The Morgan fingerprint density at radius 1 is 1.08 bits per heavy atom. The molecule has 3 unspecified atom stereocenters. The molecule has 4 rings (SSSR count). The molecule has 2 nitrogen and oxygen atoms in total. The van der Waals surface area contributed by atoms with E-state index in [9.17, 15) is 5.11 Å². The van der Waals surface area contributed by atoms with Crippen LogP contribution in [-0.4, -0.2) is 16.7 Å². The minimum absolute atomic E-state index is 0. The highest BCUT2D eigenvalue weighted by molar-refractivity contribution is 5.85. The summed E-state index contributed by atoms with van der Waals surface area (Å²) in [5, 5.41) is 10.2. The third-order valence-electron chi connectivity index (χ3n) is 4.35. The molecule has 0 aliphatic heterocycles. The highest BCUT2D eigenvalue weighted by atomic mass is 35.5. The van der Waals surface area contributed by atoms with Crippen LogP contribution >= 0.6 is 12.4 Å². The minimum atomic E-state index is -0.464. The van der Waals surface area contributed by atoms with Crippen LogP contribution in [0.2, 0.25) is 0 Å². The minimum Gasteiger partial charge on any atom is -0.388 e. The monoisotopic (exact) mass is 203 g/mol. The molecule has 0 radical (unpaired) electrons. The van der Waals surface area contributed by atoms with Gasteiger partial charge in [-0.1, -0.05) is 0 Å². The Balaban J connectivity index is 0.000000653. The summed E-state index contributed by atoms with van der Waals surface area (Å²) in [7, 11) is 0. The second-order valence-corrected chi connectivity index (χ2v) is 5.24. The predicted molar refractivity (Wildman–Crippen MR) is 53.7 cm³/mol. The van der Waals surface area contributed by atoms with Crippen LogP contribution in [0.4, 0.5) is 0 Å². The van der Waals surface area contributed by atoms with Crippen molar-refractivity contribution in [2.24, 2.45) is 23.5 Å². The lowest BCUT2D eigenvalue weighted by Gasteiger charge is -2.57. The molecule has 0 aromatic heterocycles. The second kappa shape index (κ2) is 2.85. The molecule has 13 heavy (non-hydrogen) atoms. The van der Waals surface area contributed by atoms with Gasteiger partial charge in [-0.15, -0.1) is 12.4 Å². The average molecular weight is 204 g/mol. The Hall–Kier alpha value is 0.210. The molecule has 3 atom stereocenters. The Kier molecular flexibility index (Phi) is 2.14. The normalized spacial score (nSPS) is 57.7. The first-order chi connectivity index (χ1) is 5.67. The standard InChI is InChI=1S/C10H17NO.ClH/c11-9-8-2-6-1-7(3-8)5-10(9,12)4-6;/h6-9,12H,1-5,11H2;1H. The lowest BCUT2D eigenvalue weighted by atomic mass is 9.52. The number of aliphatic hydroxyl groups is 1. The molecule has 3 N–H and O–H groups in total. The molecule has 0 aromatic carbocycles. The van der Waals surface area contributed by atoms with Gasteiger partial charge in [-0.05, 0) is 49.9 Å². The van der Waals surface area contributed by atoms with Gasteiger partial charge in [0.25, 0.3) is 0 Å². The zero-order chi connectivity index (χ0) is 8.34. The van der Waals surface area contributed by atoms with Crippen LogP contribution in [0.5, 0.6) is 0 Å². The van der Waals surface area contributed by atoms with Gasteiger partial charge in [-0.3, -0.25) is 0 Å². The van der Waals surface area contributed by atoms with E-state index in [1.165, 1.54) is 19.3 Å². The molecule has 4 aliphatic rings. The third kappa shape index (κ3) is 1.23. The van der Waals surface area contributed by atoms with Crippen LogP contribution in [0, 0.1) is 17.8 Å². The highest BCUT2D eigenvalue weighted by Crippen LogP contribution is 2.54. The van der Waals surface area contributed by atoms with Crippen molar-refractivity contribution in [3.8, 4) is 0 Å². The van der Waals surface area contributed by atoms with E-state index in [0.717, 1.165) is 24.7 Å². The summed E-state index contributed by atoms with van der Waals surface area (Å²) in [5.74, 6) is 2.24. The van der Waals surface area contributed by atoms with Crippen LogP contribution in [-0.2, 0) is 0 Å². The van der Waals surface area contributed by atoms with Gasteiger partial charge >= 0.3 is 0 Å². The van der Waals surface area contributed by atoms with Gasteiger partial charge < -0.3 is 10.8 Å². The first-order valence-corrected chi connectivity index (χ1v) is 5.15. The van der Waals surface area contributed by atoms with Gasteiger partial charge in [-0.25, -0.2) is 0 Å². The molecular weight excluding hydrogens is 186 g/mol. The van der Waals surface area contributed by atoms with Gasteiger partial charge in [0.15, 0.2) is 0 Å². The van der Waals surface area contributed by atoms with E-state index in [4.69, 9.17) is 5.73 Å². The van der Waals surface area contributed by atoms with Gasteiger partial charge in [0.2, 0.25) is 0 Å². The number of rotatable bonds is 0. The van der Waals surface area contributed by atoms with Gasteiger partial charge in [0.05, 0.1) is 5.60 Å². The fourth-order valence-electron chi connectivity index (χ4n) is 4.04. The maximum atomic E-state index is 10.2. The molecular formula is C10H18ClNO. The maximum absolute atomic E-state index is 10.2. The predicted octanol–water partition coefficient (Wildman–Crippen LogP) is 1.31. The molecule has 4 saturated carbocycles. The van der Waals surface area contributed by atoms with Gasteiger partial charge in [0.1, 0.15) is 0 Å². The largest absolute Gasteiger partial charge is 0.388 e. The zero-order valence-electron chi connectivity index (χ0n) is 7.78.